The van der Waals surface area contributed by atoms with Crippen LogP contribution >= 0.6 is 0 Å². The second kappa shape index (κ2) is 7.62. The molecule has 0 unspecified atom stereocenters. The van der Waals surface area contributed by atoms with Crippen LogP contribution in [0.2, 0.25) is 0 Å². The van der Waals surface area contributed by atoms with E-state index in [9.17, 15) is 4.79 Å². The molecule has 4 nitrogen and oxygen atoms in total. The summed E-state index contributed by atoms with van der Waals surface area (Å²) >= 11 is 0. The zero-order chi connectivity index (χ0) is 17.6. The maximum Gasteiger partial charge on any atom is 0.256 e. The van der Waals surface area contributed by atoms with E-state index in [-0.39, 0.29) is 5.91 Å². The summed E-state index contributed by atoms with van der Waals surface area (Å²) in [6.07, 6.45) is 1.71. The van der Waals surface area contributed by atoms with Crippen LogP contribution in [-0.2, 0) is 0 Å². The third-order valence-corrected chi connectivity index (χ3v) is 3.91. The minimum atomic E-state index is -0.168. The fraction of sp³-hybridized carbons (Fsp3) is 0.143. The number of amides is 1. The van der Waals surface area contributed by atoms with Crippen molar-refractivity contribution in [2.75, 3.05) is 10.6 Å². The molecule has 1 amide bonds. The molecule has 0 aliphatic heterocycles. The number of anilines is 3. The fourth-order valence-electron chi connectivity index (χ4n) is 2.44. The molecular weight excluding hydrogens is 310 g/mol. The first-order valence-corrected chi connectivity index (χ1v) is 8.31. The number of aromatic nitrogens is 1. The Hall–Kier alpha value is -3.14. The molecule has 0 spiro atoms. The third kappa shape index (κ3) is 4.44. The van der Waals surface area contributed by atoms with Crippen LogP contribution in [0.4, 0.5) is 17.2 Å². The van der Waals surface area contributed by atoms with Crippen LogP contribution in [0.25, 0.3) is 0 Å². The number of hydrogen-bond donors (Lipinski definition) is 2. The summed E-state index contributed by atoms with van der Waals surface area (Å²) in [5.41, 5.74) is 3.79. The second-order valence-corrected chi connectivity index (χ2v) is 6.15. The largest absolute Gasteiger partial charge is 0.354 e. The Balaban J connectivity index is 1.63. The lowest BCUT2D eigenvalue weighted by atomic mass is 10.0. The van der Waals surface area contributed by atoms with Crippen LogP contribution in [-0.4, -0.2) is 10.9 Å². The first-order chi connectivity index (χ1) is 12.1. The Morgan fingerprint density at radius 3 is 2.16 bits per heavy atom. The number of carbonyl (C=O) groups is 1. The van der Waals surface area contributed by atoms with Gasteiger partial charge in [0.25, 0.3) is 5.91 Å². The van der Waals surface area contributed by atoms with Crippen LogP contribution in [0, 0.1) is 0 Å². The Morgan fingerprint density at radius 1 is 0.880 bits per heavy atom. The summed E-state index contributed by atoms with van der Waals surface area (Å²) < 4.78 is 0. The number of nitrogens with one attached hydrogen (secondary N) is 2. The number of rotatable bonds is 5. The van der Waals surface area contributed by atoms with Gasteiger partial charge in [0.2, 0.25) is 0 Å². The minimum Gasteiger partial charge on any atom is -0.354 e. The first kappa shape index (κ1) is 16.7. The van der Waals surface area contributed by atoms with E-state index in [1.54, 1.807) is 24.4 Å². The molecule has 25 heavy (non-hydrogen) atoms. The van der Waals surface area contributed by atoms with Gasteiger partial charge in [0, 0.05) is 11.3 Å². The zero-order valence-corrected chi connectivity index (χ0v) is 14.4. The summed E-state index contributed by atoms with van der Waals surface area (Å²) in [4.78, 5) is 16.4. The molecule has 4 heteroatoms. The molecule has 2 N–H and O–H groups in total. The lowest BCUT2D eigenvalue weighted by molar-refractivity contribution is 0.102. The van der Waals surface area contributed by atoms with Crippen LogP contribution < -0.4 is 10.6 Å². The molecule has 0 fully saturated rings. The summed E-state index contributed by atoms with van der Waals surface area (Å²) in [5, 5.41) is 6.10. The van der Waals surface area contributed by atoms with Crippen molar-refractivity contribution in [1.29, 1.82) is 0 Å². The van der Waals surface area contributed by atoms with Crippen LogP contribution in [0.5, 0.6) is 0 Å². The van der Waals surface area contributed by atoms with Crippen molar-refractivity contribution in [3.05, 3.63) is 84.1 Å². The molecular formula is C21H21N3O. The van der Waals surface area contributed by atoms with Crippen molar-refractivity contribution in [2.45, 2.75) is 19.8 Å². The molecule has 3 aromatic rings. The zero-order valence-electron chi connectivity index (χ0n) is 14.4. The molecule has 0 atom stereocenters. The fourth-order valence-corrected chi connectivity index (χ4v) is 2.44. The number of pyridine rings is 1. The second-order valence-electron chi connectivity index (χ2n) is 6.15. The molecule has 0 radical (unpaired) electrons. The normalized spacial score (nSPS) is 10.5. The summed E-state index contributed by atoms with van der Waals surface area (Å²) in [6, 6.07) is 21.1. The molecule has 2 aromatic carbocycles. The van der Waals surface area contributed by atoms with E-state index < -0.39 is 0 Å². The van der Waals surface area contributed by atoms with Crippen molar-refractivity contribution < 1.29 is 4.79 Å². The van der Waals surface area contributed by atoms with Gasteiger partial charge in [-0.2, -0.15) is 0 Å². The highest BCUT2D eigenvalue weighted by Crippen LogP contribution is 2.21. The molecule has 1 heterocycles. The topological polar surface area (TPSA) is 54.0 Å². The van der Waals surface area contributed by atoms with Crippen molar-refractivity contribution in [1.82, 2.24) is 4.98 Å². The number of nitrogens with zero attached hydrogens (tertiary/aromatic N) is 1. The van der Waals surface area contributed by atoms with Gasteiger partial charge in [-0.3, -0.25) is 4.79 Å². The number of benzene rings is 2. The van der Waals surface area contributed by atoms with E-state index in [0.717, 1.165) is 11.4 Å². The highest BCUT2D eigenvalue weighted by atomic mass is 16.1. The number of hydrogen-bond acceptors (Lipinski definition) is 3. The van der Waals surface area contributed by atoms with E-state index in [2.05, 4.69) is 53.7 Å². The maximum atomic E-state index is 12.1. The van der Waals surface area contributed by atoms with Gasteiger partial charge in [-0.1, -0.05) is 44.2 Å². The van der Waals surface area contributed by atoms with E-state index in [0.29, 0.717) is 17.3 Å². The molecule has 0 aliphatic carbocycles. The summed E-state index contributed by atoms with van der Waals surface area (Å²) in [7, 11) is 0. The third-order valence-electron chi connectivity index (χ3n) is 3.91. The van der Waals surface area contributed by atoms with Crippen molar-refractivity contribution >= 4 is 23.1 Å². The van der Waals surface area contributed by atoms with Gasteiger partial charge >= 0.3 is 0 Å². The SMILES string of the molecule is CC(C)c1ccc(Nc2ccc(NC(=O)c3ccccc3)nc2)cc1. The quantitative estimate of drug-likeness (QED) is 0.675. The van der Waals surface area contributed by atoms with E-state index >= 15 is 0 Å². The molecule has 0 aliphatic rings. The van der Waals surface area contributed by atoms with Gasteiger partial charge in [0.05, 0.1) is 11.9 Å². The minimum absolute atomic E-state index is 0.168. The Morgan fingerprint density at radius 2 is 1.56 bits per heavy atom. The van der Waals surface area contributed by atoms with Crippen molar-refractivity contribution in [3.8, 4) is 0 Å². The summed E-state index contributed by atoms with van der Waals surface area (Å²) in [6.45, 7) is 4.35. The Labute approximate surface area is 147 Å². The lowest BCUT2D eigenvalue weighted by Crippen LogP contribution is -2.12. The molecule has 0 saturated carbocycles. The predicted octanol–water partition coefficient (Wildman–Crippen LogP) is 5.20. The standard InChI is InChI=1S/C21H21N3O/c1-15(2)16-8-10-18(11-9-16)23-19-12-13-20(22-14-19)24-21(25)17-6-4-3-5-7-17/h3-15,23H,1-2H3,(H,22,24,25). The lowest BCUT2D eigenvalue weighted by Gasteiger charge is -2.10. The molecule has 0 bridgehead atoms. The van der Waals surface area contributed by atoms with Crippen LogP contribution in [0.3, 0.4) is 0 Å². The van der Waals surface area contributed by atoms with Gasteiger partial charge in [0.15, 0.2) is 0 Å². The van der Waals surface area contributed by atoms with Crippen LogP contribution in [0.1, 0.15) is 35.7 Å². The average molecular weight is 331 g/mol. The molecule has 126 valence electrons. The maximum absolute atomic E-state index is 12.1. The predicted molar refractivity (Wildman–Crippen MR) is 102 cm³/mol. The van der Waals surface area contributed by atoms with Gasteiger partial charge in [-0.25, -0.2) is 4.98 Å². The van der Waals surface area contributed by atoms with Gasteiger partial charge in [-0.15, -0.1) is 0 Å². The molecule has 1 aromatic heterocycles. The Bertz CT molecular complexity index is 825. The average Bonchev–Trinajstić information content (AvgIpc) is 2.64. The first-order valence-electron chi connectivity index (χ1n) is 8.31. The molecule has 0 saturated heterocycles. The van der Waals surface area contributed by atoms with Crippen LogP contribution in [0.15, 0.2) is 72.9 Å². The molecule has 3 rings (SSSR count). The van der Waals surface area contributed by atoms with Gasteiger partial charge < -0.3 is 10.6 Å². The monoisotopic (exact) mass is 331 g/mol. The highest BCUT2D eigenvalue weighted by molar-refractivity contribution is 6.03. The smallest absolute Gasteiger partial charge is 0.256 e. The van der Waals surface area contributed by atoms with Gasteiger partial charge in [-0.05, 0) is 47.9 Å². The van der Waals surface area contributed by atoms with E-state index in [4.69, 9.17) is 0 Å². The van der Waals surface area contributed by atoms with Gasteiger partial charge in [0.1, 0.15) is 5.82 Å². The number of carbonyl (C=O) groups excluding carboxylic acids is 1. The van der Waals surface area contributed by atoms with E-state index in [1.807, 2.05) is 24.3 Å². The van der Waals surface area contributed by atoms with Crippen molar-refractivity contribution in [2.24, 2.45) is 0 Å². The summed E-state index contributed by atoms with van der Waals surface area (Å²) in [5.74, 6) is 0.871. The van der Waals surface area contributed by atoms with E-state index in [1.165, 1.54) is 5.56 Å². The van der Waals surface area contributed by atoms with Crippen molar-refractivity contribution in [3.63, 3.8) is 0 Å². The highest BCUT2D eigenvalue weighted by Gasteiger charge is 2.06. The Kier molecular flexibility index (Phi) is 5.09.